The zero-order chi connectivity index (χ0) is 18.9. The molecule has 0 spiro atoms. The fraction of sp³-hybridized carbons (Fsp3) is 0.182. The second-order valence-electron chi connectivity index (χ2n) is 6.87. The number of para-hydroxylation sites is 1. The van der Waals surface area contributed by atoms with E-state index in [9.17, 15) is 4.79 Å². The lowest BCUT2D eigenvalue weighted by Gasteiger charge is -2.26. The number of aromatic amines is 1. The first kappa shape index (κ1) is 17.0. The Morgan fingerprint density at radius 2 is 2.18 bits per heavy atom. The Hall–Kier alpha value is -3.12. The molecule has 4 aromatic rings. The number of benzene rings is 1. The predicted octanol–water partition coefficient (Wildman–Crippen LogP) is 4.74. The summed E-state index contributed by atoms with van der Waals surface area (Å²) in [5.74, 6) is 0.860. The van der Waals surface area contributed by atoms with Crippen molar-refractivity contribution in [1.82, 2.24) is 14.9 Å². The van der Waals surface area contributed by atoms with E-state index >= 15 is 0 Å². The van der Waals surface area contributed by atoms with Crippen LogP contribution in [0.1, 0.15) is 17.7 Å². The van der Waals surface area contributed by atoms with Gasteiger partial charge in [-0.15, -0.1) is 11.3 Å². The highest BCUT2D eigenvalue weighted by atomic mass is 32.1. The number of rotatable bonds is 4. The first-order valence-corrected chi connectivity index (χ1v) is 10.2. The van der Waals surface area contributed by atoms with E-state index in [1.807, 2.05) is 28.5 Å². The summed E-state index contributed by atoms with van der Waals surface area (Å²) in [6, 6.07) is 12.0. The fourth-order valence-electron chi connectivity index (χ4n) is 3.65. The highest BCUT2D eigenvalue weighted by Gasteiger charge is 2.20. The van der Waals surface area contributed by atoms with Crippen LogP contribution in [0, 0.1) is 0 Å². The SMILES string of the molecule is O=C(Cc1csc(-c2ccco2)n1)N1CC=C(c2c[nH]c3ccccc23)CC1. The number of aromatic nitrogens is 2. The second kappa shape index (κ2) is 7.13. The van der Waals surface area contributed by atoms with Crippen molar-refractivity contribution in [3.8, 4) is 10.8 Å². The summed E-state index contributed by atoms with van der Waals surface area (Å²) in [4.78, 5) is 22.5. The minimum atomic E-state index is 0.116. The third-order valence-electron chi connectivity index (χ3n) is 5.11. The van der Waals surface area contributed by atoms with E-state index in [0.717, 1.165) is 34.9 Å². The van der Waals surface area contributed by atoms with Gasteiger partial charge < -0.3 is 14.3 Å². The van der Waals surface area contributed by atoms with Crippen molar-refractivity contribution in [2.75, 3.05) is 13.1 Å². The number of amides is 1. The molecule has 0 radical (unpaired) electrons. The molecule has 1 amide bonds. The number of carbonyl (C=O) groups is 1. The van der Waals surface area contributed by atoms with Crippen molar-refractivity contribution in [3.63, 3.8) is 0 Å². The molecular weight excluding hydrogens is 370 g/mol. The molecule has 28 heavy (non-hydrogen) atoms. The summed E-state index contributed by atoms with van der Waals surface area (Å²) in [7, 11) is 0. The van der Waals surface area contributed by atoms with Crippen molar-refractivity contribution in [1.29, 1.82) is 0 Å². The van der Waals surface area contributed by atoms with Crippen LogP contribution < -0.4 is 0 Å². The lowest BCUT2D eigenvalue weighted by molar-refractivity contribution is -0.130. The van der Waals surface area contributed by atoms with Gasteiger partial charge in [0, 0.05) is 41.1 Å². The van der Waals surface area contributed by atoms with Gasteiger partial charge in [0.25, 0.3) is 0 Å². The average Bonchev–Trinajstić information content (AvgIpc) is 3.48. The van der Waals surface area contributed by atoms with E-state index in [1.54, 1.807) is 6.26 Å². The maximum absolute atomic E-state index is 12.7. The van der Waals surface area contributed by atoms with Crippen LogP contribution in [0.5, 0.6) is 0 Å². The van der Waals surface area contributed by atoms with E-state index < -0.39 is 0 Å². The Morgan fingerprint density at radius 1 is 1.25 bits per heavy atom. The van der Waals surface area contributed by atoms with Gasteiger partial charge in [0.1, 0.15) is 0 Å². The number of carbonyl (C=O) groups excluding carboxylic acids is 1. The summed E-state index contributed by atoms with van der Waals surface area (Å²) in [5, 5.41) is 3.99. The van der Waals surface area contributed by atoms with Crippen LogP contribution in [-0.2, 0) is 11.2 Å². The molecular formula is C22H19N3O2S. The van der Waals surface area contributed by atoms with Gasteiger partial charge in [-0.05, 0) is 30.2 Å². The molecule has 0 unspecified atom stereocenters. The molecule has 5 nitrogen and oxygen atoms in total. The van der Waals surface area contributed by atoms with E-state index in [4.69, 9.17) is 4.42 Å². The normalized spacial score (nSPS) is 14.4. The largest absolute Gasteiger partial charge is 0.462 e. The Bertz CT molecular complexity index is 1150. The molecule has 1 aromatic carbocycles. The fourth-order valence-corrected chi connectivity index (χ4v) is 4.43. The van der Waals surface area contributed by atoms with Gasteiger partial charge in [-0.2, -0.15) is 0 Å². The molecule has 0 bridgehead atoms. The molecule has 0 aliphatic carbocycles. The molecule has 6 heteroatoms. The number of fused-ring (bicyclic) bond motifs is 1. The molecule has 0 fully saturated rings. The van der Waals surface area contributed by atoms with E-state index in [0.29, 0.717) is 13.0 Å². The number of hydrogen-bond acceptors (Lipinski definition) is 4. The molecule has 0 atom stereocenters. The van der Waals surface area contributed by atoms with Gasteiger partial charge in [0.15, 0.2) is 10.8 Å². The summed E-state index contributed by atoms with van der Waals surface area (Å²) >= 11 is 1.50. The van der Waals surface area contributed by atoms with Gasteiger partial charge in [-0.25, -0.2) is 4.98 Å². The lowest BCUT2D eigenvalue weighted by Crippen LogP contribution is -2.35. The van der Waals surface area contributed by atoms with Crippen molar-refractivity contribution in [3.05, 3.63) is 71.6 Å². The number of thiazole rings is 1. The topological polar surface area (TPSA) is 62.1 Å². The molecule has 3 aromatic heterocycles. The number of hydrogen-bond donors (Lipinski definition) is 1. The van der Waals surface area contributed by atoms with Crippen LogP contribution in [-0.4, -0.2) is 33.9 Å². The van der Waals surface area contributed by atoms with Crippen molar-refractivity contribution >= 4 is 33.7 Å². The number of furan rings is 1. The Labute approximate surface area is 166 Å². The highest BCUT2D eigenvalue weighted by Crippen LogP contribution is 2.29. The maximum Gasteiger partial charge on any atom is 0.228 e. The molecule has 140 valence electrons. The zero-order valence-electron chi connectivity index (χ0n) is 15.2. The molecule has 0 saturated heterocycles. The second-order valence-corrected chi connectivity index (χ2v) is 7.72. The van der Waals surface area contributed by atoms with Crippen molar-refractivity contribution in [2.45, 2.75) is 12.8 Å². The molecule has 1 aliphatic rings. The third-order valence-corrected chi connectivity index (χ3v) is 6.02. The summed E-state index contributed by atoms with van der Waals surface area (Å²) in [5.41, 5.74) is 4.49. The van der Waals surface area contributed by atoms with Crippen LogP contribution in [0.3, 0.4) is 0 Å². The third kappa shape index (κ3) is 3.16. The summed E-state index contributed by atoms with van der Waals surface area (Å²) in [6.45, 7) is 1.38. The highest BCUT2D eigenvalue weighted by molar-refractivity contribution is 7.13. The van der Waals surface area contributed by atoms with E-state index in [1.165, 1.54) is 27.9 Å². The van der Waals surface area contributed by atoms with E-state index in [-0.39, 0.29) is 5.91 Å². The standard InChI is InChI=1S/C22H19N3O2S/c26-21(12-16-14-28-22(24-16)20-6-3-11-27-20)25-9-7-15(8-10-25)18-13-23-19-5-2-1-4-17(18)19/h1-7,11,13-14,23H,8-10,12H2. The van der Waals surface area contributed by atoms with Crippen molar-refractivity contribution < 1.29 is 9.21 Å². The Morgan fingerprint density at radius 3 is 3.00 bits per heavy atom. The van der Waals surface area contributed by atoms with Crippen LogP contribution in [0.15, 0.2) is 64.7 Å². The van der Waals surface area contributed by atoms with Gasteiger partial charge >= 0.3 is 0 Å². The Kier molecular flexibility index (Phi) is 4.33. The molecule has 4 heterocycles. The average molecular weight is 389 g/mol. The van der Waals surface area contributed by atoms with Crippen LogP contribution >= 0.6 is 11.3 Å². The molecule has 1 aliphatic heterocycles. The van der Waals surface area contributed by atoms with Crippen LogP contribution in [0.25, 0.3) is 27.2 Å². The summed E-state index contributed by atoms with van der Waals surface area (Å²) < 4.78 is 5.37. The minimum Gasteiger partial charge on any atom is -0.462 e. The predicted molar refractivity (Wildman–Crippen MR) is 111 cm³/mol. The number of nitrogens with one attached hydrogen (secondary N) is 1. The van der Waals surface area contributed by atoms with E-state index in [2.05, 4.69) is 40.4 Å². The first-order valence-electron chi connectivity index (χ1n) is 9.29. The number of nitrogens with zero attached hydrogens (tertiary/aromatic N) is 2. The zero-order valence-corrected chi connectivity index (χ0v) is 16.0. The summed E-state index contributed by atoms with van der Waals surface area (Å²) in [6.07, 6.45) is 7.06. The van der Waals surface area contributed by atoms with Crippen LogP contribution in [0.2, 0.25) is 0 Å². The molecule has 5 rings (SSSR count). The van der Waals surface area contributed by atoms with Gasteiger partial charge in [-0.1, -0.05) is 24.3 Å². The molecule has 0 saturated carbocycles. The van der Waals surface area contributed by atoms with Crippen molar-refractivity contribution in [2.24, 2.45) is 0 Å². The Balaban J connectivity index is 1.27. The first-order chi connectivity index (χ1) is 13.8. The van der Waals surface area contributed by atoms with Gasteiger partial charge in [0.2, 0.25) is 5.91 Å². The smallest absolute Gasteiger partial charge is 0.228 e. The van der Waals surface area contributed by atoms with Crippen LogP contribution in [0.4, 0.5) is 0 Å². The monoisotopic (exact) mass is 389 g/mol. The van der Waals surface area contributed by atoms with Gasteiger partial charge in [-0.3, -0.25) is 4.79 Å². The lowest BCUT2D eigenvalue weighted by atomic mass is 9.99. The molecule has 1 N–H and O–H groups in total. The number of H-pyrrole nitrogens is 1. The maximum atomic E-state index is 12.7. The quantitative estimate of drug-likeness (QED) is 0.548. The minimum absolute atomic E-state index is 0.116. The van der Waals surface area contributed by atoms with Gasteiger partial charge in [0.05, 0.1) is 18.4 Å².